The predicted molar refractivity (Wildman–Crippen MR) is 78.7 cm³/mol. The second-order valence-electron chi connectivity index (χ2n) is 5.07. The van der Waals surface area contributed by atoms with E-state index in [1.807, 2.05) is 6.92 Å². The molecule has 0 aromatic heterocycles. The van der Waals surface area contributed by atoms with Gasteiger partial charge in [-0.2, -0.15) is 0 Å². The summed E-state index contributed by atoms with van der Waals surface area (Å²) in [5.41, 5.74) is 8.38. The van der Waals surface area contributed by atoms with E-state index in [2.05, 4.69) is 55.3 Å². The molecule has 1 atom stereocenters. The SMILES string of the molecule is CCN=C(N)NC(C)c1ccc(CC(C)C)cc1. The lowest BCUT2D eigenvalue weighted by molar-refractivity contribution is 0.646. The Balaban J connectivity index is 2.64. The zero-order valence-electron chi connectivity index (χ0n) is 11.9. The summed E-state index contributed by atoms with van der Waals surface area (Å²) >= 11 is 0. The molecule has 0 fully saturated rings. The zero-order valence-corrected chi connectivity index (χ0v) is 11.9. The molecule has 18 heavy (non-hydrogen) atoms. The molecule has 1 rings (SSSR count). The minimum atomic E-state index is 0.188. The Bertz CT molecular complexity index is 379. The Hall–Kier alpha value is -1.51. The van der Waals surface area contributed by atoms with Crippen LogP contribution in [0.5, 0.6) is 0 Å². The van der Waals surface area contributed by atoms with Gasteiger partial charge in [-0.25, -0.2) is 0 Å². The summed E-state index contributed by atoms with van der Waals surface area (Å²) in [6, 6.07) is 8.90. The van der Waals surface area contributed by atoms with Gasteiger partial charge in [0.15, 0.2) is 5.96 Å². The molecular formula is C15H25N3. The number of nitrogens with one attached hydrogen (secondary N) is 1. The van der Waals surface area contributed by atoms with E-state index in [0.29, 0.717) is 18.4 Å². The molecule has 0 heterocycles. The highest BCUT2D eigenvalue weighted by atomic mass is 15.1. The fourth-order valence-electron chi connectivity index (χ4n) is 1.93. The molecule has 0 radical (unpaired) electrons. The molecule has 1 aromatic carbocycles. The quantitative estimate of drug-likeness (QED) is 0.621. The number of aliphatic imine (C=N–C) groups is 1. The maximum Gasteiger partial charge on any atom is 0.189 e. The highest BCUT2D eigenvalue weighted by molar-refractivity contribution is 5.78. The van der Waals surface area contributed by atoms with Gasteiger partial charge in [0.05, 0.1) is 6.04 Å². The fourth-order valence-corrected chi connectivity index (χ4v) is 1.93. The monoisotopic (exact) mass is 247 g/mol. The standard InChI is InChI=1S/C15H25N3/c1-5-17-15(16)18-12(4)14-8-6-13(7-9-14)10-11(2)3/h6-9,11-12H,5,10H2,1-4H3,(H3,16,17,18). The summed E-state index contributed by atoms with van der Waals surface area (Å²) in [5, 5.41) is 3.19. The van der Waals surface area contributed by atoms with Crippen molar-refractivity contribution in [1.82, 2.24) is 5.32 Å². The number of nitrogens with zero attached hydrogens (tertiary/aromatic N) is 1. The molecule has 0 saturated carbocycles. The summed E-state index contributed by atoms with van der Waals surface area (Å²) in [5.74, 6) is 1.20. The number of rotatable bonds is 5. The van der Waals surface area contributed by atoms with Crippen LogP contribution in [0.15, 0.2) is 29.3 Å². The molecule has 0 aliphatic rings. The number of hydrogen-bond acceptors (Lipinski definition) is 1. The molecule has 3 nitrogen and oxygen atoms in total. The maximum atomic E-state index is 5.76. The molecule has 0 saturated heterocycles. The number of guanidine groups is 1. The zero-order chi connectivity index (χ0) is 13.5. The second-order valence-corrected chi connectivity index (χ2v) is 5.07. The lowest BCUT2D eigenvalue weighted by atomic mass is 10.00. The normalized spacial score (nSPS) is 13.7. The lowest BCUT2D eigenvalue weighted by Crippen LogP contribution is -2.33. The highest BCUT2D eigenvalue weighted by Crippen LogP contribution is 2.15. The van der Waals surface area contributed by atoms with E-state index < -0.39 is 0 Å². The minimum Gasteiger partial charge on any atom is -0.370 e. The van der Waals surface area contributed by atoms with Crippen LogP contribution in [0, 0.1) is 5.92 Å². The first-order valence-electron chi connectivity index (χ1n) is 6.68. The average Bonchev–Trinajstić information content (AvgIpc) is 2.29. The van der Waals surface area contributed by atoms with Gasteiger partial charge in [-0.3, -0.25) is 4.99 Å². The summed E-state index contributed by atoms with van der Waals surface area (Å²) in [6.07, 6.45) is 1.13. The van der Waals surface area contributed by atoms with Crippen molar-refractivity contribution < 1.29 is 0 Å². The molecule has 0 aliphatic heterocycles. The molecule has 1 aromatic rings. The third-order valence-corrected chi connectivity index (χ3v) is 2.82. The van der Waals surface area contributed by atoms with Crippen molar-refractivity contribution in [3.63, 3.8) is 0 Å². The van der Waals surface area contributed by atoms with E-state index in [9.17, 15) is 0 Å². The third-order valence-electron chi connectivity index (χ3n) is 2.82. The lowest BCUT2D eigenvalue weighted by Gasteiger charge is -2.15. The van der Waals surface area contributed by atoms with Crippen molar-refractivity contribution in [2.45, 2.75) is 40.2 Å². The summed E-state index contributed by atoms with van der Waals surface area (Å²) in [4.78, 5) is 4.13. The van der Waals surface area contributed by atoms with Crippen LogP contribution in [-0.4, -0.2) is 12.5 Å². The van der Waals surface area contributed by atoms with Crippen LogP contribution in [0.4, 0.5) is 0 Å². The van der Waals surface area contributed by atoms with Crippen LogP contribution in [0.2, 0.25) is 0 Å². The van der Waals surface area contributed by atoms with Gasteiger partial charge >= 0.3 is 0 Å². The molecule has 0 amide bonds. The number of benzene rings is 1. The molecule has 0 aliphatic carbocycles. The van der Waals surface area contributed by atoms with Gasteiger partial charge in [0.1, 0.15) is 0 Å². The van der Waals surface area contributed by atoms with Gasteiger partial charge in [0.2, 0.25) is 0 Å². The Morgan fingerprint density at radius 1 is 1.22 bits per heavy atom. The van der Waals surface area contributed by atoms with E-state index in [4.69, 9.17) is 5.73 Å². The maximum absolute atomic E-state index is 5.76. The van der Waals surface area contributed by atoms with Crippen molar-refractivity contribution in [2.75, 3.05) is 6.54 Å². The van der Waals surface area contributed by atoms with E-state index in [1.54, 1.807) is 0 Å². The highest BCUT2D eigenvalue weighted by Gasteiger charge is 2.06. The van der Waals surface area contributed by atoms with Gasteiger partial charge in [0.25, 0.3) is 0 Å². The van der Waals surface area contributed by atoms with Crippen molar-refractivity contribution >= 4 is 5.96 Å². The van der Waals surface area contributed by atoms with Gasteiger partial charge in [-0.15, -0.1) is 0 Å². The number of nitrogens with two attached hydrogens (primary N) is 1. The fraction of sp³-hybridized carbons (Fsp3) is 0.533. The van der Waals surface area contributed by atoms with E-state index in [1.165, 1.54) is 11.1 Å². The average molecular weight is 247 g/mol. The van der Waals surface area contributed by atoms with Crippen LogP contribution in [0.25, 0.3) is 0 Å². The minimum absolute atomic E-state index is 0.188. The van der Waals surface area contributed by atoms with Crippen LogP contribution in [-0.2, 0) is 6.42 Å². The smallest absolute Gasteiger partial charge is 0.189 e. The van der Waals surface area contributed by atoms with Crippen LogP contribution < -0.4 is 11.1 Å². The largest absolute Gasteiger partial charge is 0.370 e. The van der Waals surface area contributed by atoms with Gasteiger partial charge in [-0.1, -0.05) is 38.1 Å². The van der Waals surface area contributed by atoms with E-state index >= 15 is 0 Å². The van der Waals surface area contributed by atoms with Crippen LogP contribution >= 0.6 is 0 Å². The Kier molecular flexibility index (Phi) is 5.69. The molecule has 3 N–H and O–H groups in total. The molecule has 1 unspecified atom stereocenters. The molecule has 0 bridgehead atoms. The van der Waals surface area contributed by atoms with Gasteiger partial charge in [-0.05, 0) is 37.3 Å². The Labute approximate surface area is 111 Å². The summed E-state index contributed by atoms with van der Waals surface area (Å²) in [6.45, 7) is 9.24. The van der Waals surface area contributed by atoms with Crippen LogP contribution in [0.1, 0.15) is 44.9 Å². The van der Waals surface area contributed by atoms with Crippen molar-refractivity contribution in [1.29, 1.82) is 0 Å². The van der Waals surface area contributed by atoms with E-state index in [0.717, 1.165) is 6.42 Å². The first-order valence-corrected chi connectivity index (χ1v) is 6.68. The van der Waals surface area contributed by atoms with Crippen LogP contribution in [0.3, 0.4) is 0 Å². The third kappa shape index (κ3) is 4.78. The first-order chi connectivity index (χ1) is 8.52. The molecule has 100 valence electrons. The Morgan fingerprint density at radius 3 is 2.33 bits per heavy atom. The molecular weight excluding hydrogens is 222 g/mol. The predicted octanol–water partition coefficient (Wildman–Crippen LogP) is 2.87. The van der Waals surface area contributed by atoms with Gasteiger partial charge in [0, 0.05) is 6.54 Å². The topological polar surface area (TPSA) is 50.4 Å². The molecule has 3 heteroatoms. The summed E-state index contributed by atoms with van der Waals surface area (Å²) in [7, 11) is 0. The molecule has 0 spiro atoms. The number of hydrogen-bond donors (Lipinski definition) is 2. The Morgan fingerprint density at radius 2 is 1.83 bits per heavy atom. The summed E-state index contributed by atoms with van der Waals surface area (Å²) < 4.78 is 0. The van der Waals surface area contributed by atoms with Crippen molar-refractivity contribution in [3.05, 3.63) is 35.4 Å². The second kappa shape index (κ2) is 7.04. The van der Waals surface area contributed by atoms with Gasteiger partial charge < -0.3 is 11.1 Å². The van der Waals surface area contributed by atoms with Crippen molar-refractivity contribution in [3.8, 4) is 0 Å². The van der Waals surface area contributed by atoms with E-state index in [-0.39, 0.29) is 6.04 Å². The first kappa shape index (κ1) is 14.6. The van der Waals surface area contributed by atoms with Crippen molar-refractivity contribution in [2.24, 2.45) is 16.6 Å².